The van der Waals surface area contributed by atoms with E-state index in [1.54, 1.807) is 38.1 Å². The van der Waals surface area contributed by atoms with Crippen LogP contribution in [-0.2, 0) is 9.59 Å². The highest BCUT2D eigenvalue weighted by Crippen LogP contribution is 2.25. The average molecular weight is 444 g/mol. The molecule has 28 heavy (non-hydrogen) atoms. The van der Waals surface area contributed by atoms with Gasteiger partial charge in [-0.2, -0.15) is 0 Å². The molecule has 0 aromatic heterocycles. The minimum atomic E-state index is -0.904. The van der Waals surface area contributed by atoms with E-state index in [9.17, 15) is 9.59 Å². The third-order valence-corrected chi connectivity index (χ3v) is 4.59. The second kappa shape index (κ2) is 9.95. The Labute approximate surface area is 173 Å². The van der Waals surface area contributed by atoms with Gasteiger partial charge in [0.05, 0.1) is 12.3 Å². The predicted octanol–water partition coefficient (Wildman–Crippen LogP) is 4.75. The summed E-state index contributed by atoms with van der Waals surface area (Å²) in [5, 5.41) is 11.8. The Kier molecular flexibility index (Phi) is 7.65. The van der Waals surface area contributed by atoms with E-state index in [4.69, 9.17) is 9.84 Å². The number of halogens is 1. The number of nitrogens with one attached hydrogen (secondary N) is 1. The summed E-state index contributed by atoms with van der Waals surface area (Å²) in [5.41, 5.74) is 2.34. The lowest BCUT2D eigenvalue weighted by atomic mass is 9.96. The smallest absolute Gasteiger partial charge is 0.304 e. The fourth-order valence-electron chi connectivity index (χ4n) is 2.59. The number of aryl methyl sites for hydroxylation is 1. The maximum atomic E-state index is 12.4. The van der Waals surface area contributed by atoms with Crippen LogP contribution in [0.25, 0.3) is 0 Å². The van der Waals surface area contributed by atoms with Crippen LogP contribution in [-0.4, -0.2) is 23.1 Å². The number of benzene rings is 2. The average Bonchev–Trinajstić information content (AvgIpc) is 2.64. The molecule has 2 aromatic carbocycles. The van der Waals surface area contributed by atoms with E-state index in [1.165, 1.54) is 0 Å². The summed E-state index contributed by atoms with van der Waals surface area (Å²) in [5.74, 6) is 4.75. The predicted molar refractivity (Wildman–Crippen MR) is 112 cm³/mol. The zero-order valence-corrected chi connectivity index (χ0v) is 17.5. The lowest BCUT2D eigenvalue weighted by Gasteiger charge is -2.17. The van der Waals surface area contributed by atoms with Crippen LogP contribution in [0.3, 0.4) is 0 Å². The van der Waals surface area contributed by atoms with Crippen molar-refractivity contribution in [2.24, 2.45) is 0 Å². The maximum Gasteiger partial charge on any atom is 0.304 e. The number of amides is 1. The van der Waals surface area contributed by atoms with Crippen LogP contribution in [0.1, 0.15) is 37.3 Å². The molecule has 0 heterocycles. The second-order valence-electron chi connectivity index (χ2n) is 6.33. The molecule has 146 valence electrons. The molecule has 6 heteroatoms. The topological polar surface area (TPSA) is 75.6 Å². The van der Waals surface area contributed by atoms with Crippen LogP contribution in [0, 0.1) is 18.8 Å². The van der Waals surface area contributed by atoms with E-state index in [1.807, 2.05) is 25.1 Å². The van der Waals surface area contributed by atoms with Gasteiger partial charge in [-0.15, -0.1) is 5.92 Å². The van der Waals surface area contributed by atoms with Gasteiger partial charge < -0.3 is 15.2 Å². The zero-order valence-electron chi connectivity index (χ0n) is 16.0. The Hall–Kier alpha value is -2.78. The summed E-state index contributed by atoms with van der Waals surface area (Å²) in [4.78, 5) is 23.4. The van der Waals surface area contributed by atoms with E-state index >= 15 is 0 Å². The number of hydrogen-bond donors (Lipinski definition) is 2. The van der Waals surface area contributed by atoms with E-state index in [-0.39, 0.29) is 18.2 Å². The number of aliphatic carboxylic acids is 1. The first kappa shape index (κ1) is 21.5. The molecule has 2 N–H and O–H groups in total. The molecule has 2 atom stereocenters. The van der Waals surface area contributed by atoms with Crippen molar-refractivity contribution in [1.82, 2.24) is 0 Å². The van der Waals surface area contributed by atoms with Gasteiger partial charge in [-0.05, 0) is 56.2 Å². The minimum Gasteiger partial charge on any atom is -0.481 e. The van der Waals surface area contributed by atoms with Gasteiger partial charge in [-0.1, -0.05) is 40.0 Å². The first-order valence-electron chi connectivity index (χ1n) is 8.78. The Morgan fingerprint density at radius 3 is 2.50 bits per heavy atom. The minimum absolute atomic E-state index is 0.0661. The molecule has 0 aliphatic rings. The normalized spacial score (nSPS) is 12.3. The number of carbonyl (C=O) groups is 2. The Morgan fingerprint density at radius 2 is 1.89 bits per heavy atom. The molecule has 0 saturated heterocycles. The van der Waals surface area contributed by atoms with Crippen LogP contribution < -0.4 is 10.1 Å². The summed E-state index contributed by atoms with van der Waals surface area (Å²) in [6.07, 6.45) is -0.748. The SMILES string of the molecule is CC#CC(CC(=O)O)c1ccc(NC(=O)C(C)Oc2cc(Br)ccc2C)cc1. The van der Waals surface area contributed by atoms with Crippen molar-refractivity contribution in [3.8, 4) is 17.6 Å². The summed E-state index contributed by atoms with van der Waals surface area (Å²) < 4.78 is 6.65. The first-order chi connectivity index (χ1) is 13.3. The number of carboxylic acids is 1. The van der Waals surface area contributed by atoms with E-state index in [0.717, 1.165) is 15.6 Å². The third kappa shape index (κ3) is 6.14. The summed E-state index contributed by atoms with van der Waals surface area (Å²) >= 11 is 3.39. The van der Waals surface area contributed by atoms with Crippen molar-refractivity contribution in [2.75, 3.05) is 5.32 Å². The molecule has 2 aromatic rings. The summed E-state index contributed by atoms with van der Waals surface area (Å²) in [7, 11) is 0. The Balaban J connectivity index is 2.04. The van der Waals surface area contributed by atoms with Gasteiger partial charge in [0, 0.05) is 10.2 Å². The molecule has 2 unspecified atom stereocenters. The molecule has 5 nitrogen and oxygen atoms in total. The highest BCUT2D eigenvalue weighted by Gasteiger charge is 2.17. The van der Waals surface area contributed by atoms with Gasteiger partial charge in [-0.25, -0.2) is 0 Å². The van der Waals surface area contributed by atoms with Crippen molar-refractivity contribution in [2.45, 2.75) is 39.2 Å². The van der Waals surface area contributed by atoms with Gasteiger partial charge >= 0.3 is 5.97 Å². The first-order valence-corrected chi connectivity index (χ1v) is 9.57. The highest BCUT2D eigenvalue weighted by atomic mass is 79.9. The molecule has 2 rings (SSSR count). The second-order valence-corrected chi connectivity index (χ2v) is 7.24. The van der Waals surface area contributed by atoms with E-state index in [2.05, 4.69) is 33.1 Å². The lowest BCUT2D eigenvalue weighted by molar-refractivity contribution is -0.137. The molecule has 0 aliphatic heterocycles. The fraction of sp³-hybridized carbons (Fsp3) is 0.273. The van der Waals surface area contributed by atoms with Gasteiger partial charge in [-0.3, -0.25) is 9.59 Å². The molecule has 0 radical (unpaired) electrons. The lowest BCUT2D eigenvalue weighted by Crippen LogP contribution is -2.30. The summed E-state index contributed by atoms with van der Waals surface area (Å²) in [6, 6.07) is 12.7. The molecular formula is C22H22BrNO4. The van der Waals surface area contributed by atoms with Gasteiger partial charge in [0.2, 0.25) is 0 Å². The van der Waals surface area contributed by atoms with Gasteiger partial charge in [0.1, 0.15) is 5.75 Å². The molecular weight excluding hydrogens is 422 g/mol. The zero-order chi connectivity index (χ0) is 20.7. The Bertz CT molecular complexity index is 912. The van der Waals surface area contributed by atoms with Crippen molar-refractivity contribution in [3.05, 3.63) is 58.1 Å². The molecule has 0 bridgehead atoms. The number of carbonyl (C=O) groups excluding carboxylic acids is 1. The molecule has 0 saturated carbocycles. The van der Waals surface area contributed by atoms with E-state index < -0.39 is 12.1 Å². The largest absolute Gasteiger partial charge is 0.481 e. The van der Waals surface area contributed by atoms with Crippen molar-refractivity contribution in [3.63, 3.8) is 0 Å². The number of ether oxygens (including phenoxy) is 1. The third-order valence-electron chi connectivity index (χ3n) is 4.10. The highest BCUT2D eigenvalue weighted by molar-refractivity contribution is 9.10. The standard InChI is InChI=1S/C22H22BrNO4/c1-4-5-17(12-21(25)26)16-7-10-19(11-8-16)24-22(27)15(3)28-20-13-18(23)9-6-14(20)2/h6-11,13,15,17H,12H2,1-3H3,(H,24,27)(H,25,26). The van der Waals surface area contributed by atoms with Crippen LogP contribution in [0.5, 0.6) is 5.75 Å². The number of rotatable bonds is 7. The van der Waals surface area contributed by atoms with Gasteiger partial charge in [0.25, 0.3) is 5.91 Å². The van der Waals surface area contributed by atoms with E-state index in [0.29, 0.717) is 11.4 Å². The number of anilines is 1. The maximum absolute atomic E-state index is 12.4. The molecule has 0 aliphatic carbocycles. The molecule has 0 spiro atoms. The monoisotopic (exact) mass is 443 g/mol. The molecule has 0 fully saturated rings. The fourth-order valence-corrected chi connectivity index (χ4v) is 2.93. The quantitative estimate of drug-likeness (QED) is 0.605. The Morgan fingerprint density at radius 1 is 1.21 bits per heavy atom. The van der Waals surface area contributed by atoms with Crippen molar-refractivity contribution < 1.29 is 19.4 Å². The molecule has 1 amide bonds. The van der Waals surface area contributed by atoms with Crippen molar-refractivity contribution in [1.29, 1.82) is 0 Å². The van der Waals surface area contributed by atoms with Crippen molar-refractivity contribution >= 4 is 33.5 Å². The van der Waals surface area contributed by atoms with Crippen LogP contribution in [0.15, 0.2) is 46.9 Å². The number of hydrogen-bond acceptors (Lipinski definition) is 3. The summed E-state index contributed by atoms with van der Waals surface area (Å²) in [6.45, 7) is 5.28. The number of carboxylic acid groups (broad SMARTS) is 1. The van der Waals surface area contributed by atoms with Gasteiger partial charge in [0.15, 0.2) is 6.10 Å². The van der Waals surface area contributed by atoms with Crippen LogP contribution in [0.4, 0.5) is 5.69 Å². The van der Waals surface area contributed by atoms with Crippen LogP contribution >= 0.6 is 15.9 Å². The van der Waals surface area contributed by atoms with Crippen LogP contribution in [0.2, 0.25) is 0 Å².